The molecule has 2 aliphatic rings. The molecule has 2 heterocycles. The van der Waals surface area contributed by atoms with E-state index >= 15 is 0 Å². The molecule has 0 saturated carbocycles. The maximum atomic E-state index is 13.1. The molecule has 1 spiro atoms. The van der Waals surface area contributed by atoms with E-state index in [1.54, 1.807) is 24.3 Å². The Balaban J connectivity index is 1.75. The summed E-state index contributed by atoms with van der Waals surface area (Å²) in [6.45, 7) is 0. The van der Waals surface area contributed by atoms with Crippen molar-refractivity contribution in [3.8, 4) is 34.1 Å². The van der Waals surface area contributed by atoms with Crippen LogP contribution in [0, 0.1) is 20.2 Å². The smallest absolute Gasteiger partial charge is 0.340 e. The van der Waals surface area contributed by atoms with E-state index in [2.05, 4.69) is 0 Å². The minimum atomic E-state index is -1.66. The van der Waals surface area contributed by atoms with Crippen molar-refractivity contribution in [3.05, 3.63) is 115 Å². The molecule has 11 nitrogen and oxygen atoms in total. The van der Waals surface area contributed by atoms with Crippen LogP contribution in [0.25, 0.3) is 11.1 Å². The third-order valence-corrected chi connectivity index (χ3v) is 6.45. The van der Waals surface area contributed by atoms with E-state index in [1.165, 1.54) is 36.4 Å². The van der Waals surface area contributed by atoms with Crippen molar-refractivity contribution in [1.29, 1.82) is 0 Å². The Labute approximate surface area is 207 Å². The second-order valence-electron chi connectivity index (χ2n) is 8.48. The van der Waals surface area contributed by atoms with E-state index in [-0.39, 0.29) is 45.3 Å². The van der Waals surface area contributed by atoms with Crippen LogP contribution in [0.5, 0.6) is 23.0 Å². The highest BCUT2D eigenvalue weighted by Gasteiger charge is 2.55. The van der Waals surface area contributed by atoms with Crippen molar-refractivity contribution in [1.82, 2.24) is 0 Å². The maximum absolute atomic E-state index is 13.1. The van der Waals surface area contributed by atoms with Gasteiger partial charge in [-0.05, 0) is 30.3 Å². The second-order valence-corrected chi connectivity index (χ2v) is 8.48. The molecule has 0 fully saturated rings. The zero-order valence-electron chi connectivity index (χ0n) is 18.6. The fourth-order valence-electron chi connectivity index (χ4n) is 5.01. The van der Waals surface area contributed by atoms with Crippen LogP contribution in [0.3, 0.4) is 0 Å². The second kappa shape index (κ2) is 7.52. The zero-order valence-corrected chi connectivity index (χ0v) is 18.6. The van der Waals surface area contributed by atoms with Gasteiger partial charge in [0.05, 0.1) is 32.6 Å². The Morgan fingerprint density at radius 2 is 1.49 bits per heavy atom. The number of ether oxygens (including phenoxy) is 2. The fourth-order valence-corrected chi connectivity index (χ4v) is 5.01. The lowest BCUT2D eigenvalue weighted by molar-refractivity contribution is -0.393. The number of carbonyl (C=O) groups excluding carboxylic acids is 1. The largest absolute Gasteiger partial charge is 0.508 e. The summed E-state index contributed by atoms with van der Waals surface area (Å²) in [5.41, 5.74) is -1.54. The number of non-ortho nitro benzene ring substituents is 1. The monoisotopic (exact) mass is 498 g/mol. The summed E-state index contributed by atoms with van der Waals surface area (Å²) >= 11 is 0. The first kappa shape index (κ1) is 22.0. The quantitative estimate of drug-likeness (QED) is 0.221. The first-order chi connectivity index (χ1) is 17.7. The molecule has 0 saturated heterocycles. The number of nitro benzene ring substituents is 2. The van der Waals surface area contributed by atoms with Gasteiger partial charge in [0.1, 0.15) is 23.0 Å². The Morgan fingerprint density at radius 3 is 2.24 bits per heavy atom. The van der Waals surface area contributed by atoms with E-state index in [0.717, 1.165) is 12.1 Å². The minimum Gasteiger partial charge on any atom is -0.508 e. The van der Waals surface area contributed by atoms with Crippen LogP contribution < -0.4 is 4.74 Å². The number of hydrogen-bond donors (Lipinski definition) is 2. The van der Waals surface area contributed by atoms with Crippen LogP contribution >= 0.6 is 0 Å². The molecule has 0 aliphatic carbocycles. The van der Waals surface area contributed by atoms with Crippen LogP contribution in [0.4, 0.5) is 11.4 Å². The third-order valence-electron chi connectivity index (χ3n) is 6.45. The number of fused-ring (bicyclic) bond motifs is 6. The number of phenolic OH excluding ortho intramolecular Hbond substituents is 2. The lowest BCUT2D eigenvalue weighted by atomic mass is 9.74. The van der Waals surface area contributed by atoms with E-state index < -0.39 is 32.8 Å². The molecule has 182 valence electrons. The number of hydrogen-bond acceptors (Lipinski definition) is 9. The van der Waals surface area contributed by atoms with E-state index in [1.807, 2.05) is 0 Å². The normalized spacial score (nSPS) is 16.8. The molecule has 0 aromatic heterocycles. The first-order valence-electron chi connectivity index (χ1n) is 10.9. The average molecular weight is 498 g/mol. The van der Waals surface area contributed by atoms with Crippen molar-refractivity contribution in [2.24, 2.45) is 0 Å². The Kier molecular flexibility index (Phi) is 4.48. The van der Waals surface area contributed by atoms with Gasteiger partial charge < -0.3 is 19.7 Å². The highest BCUT2D eigenvalue weighted by molar-refractivity contribution is 5.98. The molecule has 6 rings (SSSR count). The van der Waals surface area contributed by atoms with Gasteiger partial charge in [-0.15, -0.1) is 0 Å². The van der Waals surface area contributed by atoms with Crippen LogP contribution in [0.15, 0.2) is 72.8 Å². The summed E-state index contributed by atoms with van der Waals surface area (Å²) in [6, 6.07) is 16.5. The number of carbonyl (C=O) groups is 1. The summed E-state index contributed by atoms with van der Waals surface area (Å²) < 4.78 is 12.1. The maximum Gasteiger partial charge on any atom is 0.340 e. The van der Waals surface area contributed by atoms with Gasteiger partial charge in [0, 0.05) is 34.9 Å². The molecule has 0 radical (unpaired) electrons. The van der Waals surface area contributed by atoms with Crippen molar-refractivity contribution < 1.29 is 34.3 Å². The van der Waals surface area contributed by atoms with Crippen molar-refractivity contribution in [2.45, 2.75) is 5.60 Å². The van der Waals surface area contributed by atoms with Gasteiger partial charge >= 0.3 is 5.97 Å². The number of rotatable bonds is 3. The van der Waals surface area contributed by atoms with Crippen LogP contribution in [-0.2, 0) is 10.3 Å². The van der Waals surface area contributed by atoms with Gasteiger partial charge in [-0.25, -0.2) is 4.79 Å². The van der Waals surface area contributed by atoms with Gasteiger partial charge in [0.2, 0.25) is 0 Å². The summed E-state index contributed by atoms with van der Waals surface area (Å²) in [5.74, 6) is -0.934. The molecule has 2 aliphatic heterocycles. The summed E-state index contributed by atoms with van der Waals surface area (Å²) in [5, 5.41) is 44.0. The molecule has 11 heteroatoms. The standard InChI is InChI=1S/C26H14N2O9/c29-14-6-8-20-22(11-14)36-23-12-15(30)10-18(16-7-5-13(27(32)33)9-21(16)28(34)35)24(23)26(20)19-4-2-1-3-17(19)25(31)37-26/h1-12,29-30H. The molecule has 1 unspecified atom stereocenters. The van der Waals surface area contributed by atoms with Crippen LogP contribution in [0.1, 0.15) is 27.0 Å². The summed E-state index contributed by atoms with van der Waals surface area (Å²) in [4.78, 5) is 34.9. The summed E-state index contributed by atoms with van der Waals surface area (Å²) in [7, 11) is 0. The van der Waals surface area contributed by atoms with E-state index in [9.17, 15) is 35.2 Å². The Hall–Kier alpha value is -5.45. The van der Waals surface area contributed by atoms with Gasteiger partial charge in [-0.1, -0.05) is 18.2 Å². The molecule has 1 atom stereocenters. The zero-order chi connectivity index (χ0) is 26.1. The van der Waals surface area contributed by atoms with Crippen molar-refractivity contribution in [2.75, 3.05) is 0 Å². The number of esters is 1. The lowest BCUT2D eigenvalue weighted by Crippen LogP contribution is -2.33. The average Bonchev–Trinajstić information content (AvgIpc) is 3.15. The third kappa shape index (κ3) is 3.04. The van der Waals surface area contributed by atoms with Gasteiger partial charge in [0.25, 0.3) is 11.4 Å². The Morgan fingerprint density at radius 1 is 0.730 bits per heavy atom. The fraction of sp³-hybridized carbons (Fsp3) is 0.0385. The molecule has 4 aromatic carbocycles. The van der Waals surface area contributed by atoms with E-state index in [4.69, 9.17) is 9.47 Å². The molecule has 2 N–H and O–H groups in total. The molecular weight excluding hydrogens is 484 g/mol. The number of aromatic hydroxyl groups is 2. The number of nitrogens with zero attached hydrogens (tertiary/aromatic N) is 2. The van der Waals surface area contributed by atoms with Gasteiger partial charge in [0.15, 0.2) is 5.60 Å². The number of nitro groups is 2. The number of benzene rings is 4. The highest BCUT2D eigenvalue weighted by Crippen LogP contribution is 2.60. The summed E-state index contributed by atoms with van der Waals surface area (Å²) in [6.07, 6.45) is 0. The van der Waals surface area contributed by atoms with Crippen LogP contribution in [0.2, 0.25) is 0 Å². The van der Waals surface area contributed by atoms with E-state index in [0.29, 0.717) is 11.1 Å². The molecule has 4 aromatic rings. The number of phenols is 2. The molecule has 0 amide bonds. The predicted molar refractivity (Wildman–Crippen MR) is 127 cm³/mol. The topological polar surface area (TPSA) is 162 Å². The molecule has 37 heavy (non-hydrogen) atoms. The van der Waals surface area contributed by atoms with Crippen molar-refractivity contribution in [3.63, 3.8) is 0 Å². The molecule has 0 bridgehead atoms. The van der Waals surface area contributed by atoms with Crippen molar-refractivity contribution >= 4 is 17.3 Å². The Bertz CT molecular complexity index is 1700. The van der Waals surface area contributed by atoms with Crippen LogP contribution in [-0.4, -0.2) is 26.0 Å². The van der Waals surface area contributed by atoms with Gasteiger partial charge in [-0.2, -0.15) is 0 Å². The predicted octanol–water partition coefficient (Wildman–Crippen LogP) is 5.15. The molecular formula is C26H14N2O9. The first-order valence-corrected chi connectivity index (χ1v) is 10.9. The lowest BCUT2D eigenvalue weighted by Gasteiger charge is -2.38. The highest BCUT2D eigenvalue weighted by atomic mass is 16.6. The van der Waals surface area contributed by atoms with Gasteiger partial charge in [-0.3, -0.25) is 20.2 Å². The SMILES string of the molecule is O=C1OC2(c3ccc(O)cc3Oc3cc(O)cc(-c4ccc([N+](=O)[O-])cc4[N+](=O)[O-])c32)c2ccccc21. The minimum absolute atomic E-state index is 0.0188.